The van der Waals surface area contributed by atoms with Gasteiger partial charge < -0.3 is 10.1 Å². The van der Waals surface area contributed by atoms with Crippen LogP contribution in [0.3, 0.4) is 0 Å². The molecule has 1 atom stereocenters. The van der Waals surface area contributed by atoms with Gasteiger partial charge in [0.2, 0.25) is 0 Å². The van der Waals surface area contributed by atoms with E-state index in [1.54, 1.807) is 0 Å². The van der Waals surface area contributed by atoms with Crippen molar-refractivity contribution in [3.8, 4) is 5.75 Å². The topological polar surface area (TPSA) is 21.3 Å². The van der Waals surface area contributed by atoms with Gasteiger partial charge >= 0.3 is 0 Å². The first-order valence-electron chi connectivity index (χ1n) is 5.76. The molecule has 0 heterocycles. The molecule has 0 aliphatic carbocycles. The van der Waals surface area contributed by atoms with Gasteiger partial charge in [-0.2, -0.15) is 0 Å². The predicted molar refractivity (Wildman–Crippen MR) is 69.0 cm³/mol. The molecule has 16 heavy (non-hydrogen) atoms. The number of likely N-dealkylation sites (N-methyl/N-ethyl adjacent to an activating group) is 1. The maximum Gasteiger partial charge on any atom is 0.119 e. The van der Waals surface area contributed by atoms with Gasteiger partial charge in [0.15, 0.2) is 0 Å². The van der Waals surface area contributed by atoms with Gasteiger partial charge in [-0.05, 0) is 44.5 Å². The summed E-state index contributed by atoms with van der Waals surface area (Å²) in [6.45, 7) is 6.54. The Morgan fingerprint density at radius 3 is 2.62 bits per heavy atom. The minimum absolute atomic E-state index is 0.507. The normalized spacial score (nSPS) is 12.1. The lowest BCUT2D eigenvalue weighted by Gasteiger charge is -2.10. The van der Waals surface area contributed by atoms with Gasteiger partial charge in [-0.25, -0.2) is 0 Å². The molecule has 1 aromatic rings. The van der Waals surface area contributed by atoms with Crippen LogP contribution in [0.1, 0.15) is 18.9 Å². The fourth-order valence-corrected chi connectivity index (χ4v) is 1.44. The Labute approximate surface area is 98.3 Å². The van der Waals surface area contributed by atoms with Gasteiger partial charge in [-0.3, -0.25) is 0 Å². The summed E-state index contributed by atoms with van der Waals surface area (Å²) in [4.78, 5) is 0. The van der Waals surface area contributed by atoms with Crippen LogP contribution in [0.25, 0.3) is 0 Å². The minimum atomic E-state index is 0.507. The average molecular weight is 219 g/mol. The molecule has 0 aliphatic rings. The van der Waals surface area contributed by atoms with E-state index < -0.39 is 0 Å². The highest BCUT2D eigenvalue weighted by Crippen LogP contribution is 2.13. The number of hydrogen-bond donors (Lipinski definition) is 1. The smallest absolute Gasteiger partial charge is 0.119 e. The SMILES string of the molecule is C=CCCOc1ccc(CC(C)NC)cc1. The average Bonchev–Trinajstić information content (AvgIpc) is 2.31. The quantitative estimate of drug-likeness (QED) is 0.562. The summed E-state index contributed by atoms with van der Waals surface area (Å²) in [5, 5.41) is 3.23. The summed E-state index contributed by atoms with van der Waals surface area (Å²) < 4.78 is 5.55. The molecule has 0 fully saturated rings. The number of ether oxygens (including phenoxy) is 1. The molecule has 0 saturated heterocycles. The zero-order valence-electron chi connectivity index (χ0n) is 10.2. The van der Waals surface area contributed by atoms with Gasteiger partial charge in [0.05, 0.1) is 6.61 Å². The first-order chi connectivity index (χ1) is 7.76. The fourth-order valence-electron chi connectivity index (χ4n) is 1.44. The van der Waals surface area contributed by atoms with Gasteiger partial charge in [0, 0.05) is 6.04 Å². The van der Waals surface area contributed by atoms with E-state index in [1.165, 1.54) is 5.56 Å². The Kier molecular flexibility index (Phi) is 5.65. The molecule has 88 valence electrons. The molecule has 0 aliphatic heterocycles. The maximum atomic E-state index is 5.55. The van der Waals surface area contributed by atoms with Crippen LogP contribution in [-0.2, 0) is 6.42 Å². The number of benzene rings is 1. The molecule has 0 aromatic heterocycles. The molecule has 0 bridgehead atoms. The standard InChI is InChI=1S/C14H21NO/c1-4-5-10-16-14-8-6-13(7-9-14)11-12(2)15-3/h4,6-9,12,15H,1,5,10-11H2,2-3H3. The van der Waals surface area contributed by atoms with E-state index in [9.17, 15) is 0 Å². The predicted octanol–water partition coefficient (Wildman–Crippen LogP) is 2.79. The summed E-state index contributed by atoms with van der Waals surface area (Å²) >= 11 is 0. The molecule has 1 unspecified atom stereocenters. The van der Waals surface area contributed by atoms with Crippen molar-refractivity contribution in [2.24, 2.45) is 0 Å². The van der Waals surface area contributed by atoms with E-state index in [4.69, 9.17) is 4.74 Å². The highest BCUT2D eigenvalue weighted by molar-refractivity contribution is 5.27. The Bertz CT molecular complexity index is 305. The molecule has 0 radical (unpaired) electrons. The molecule has 1 aromatic carbocycles. The van der Waals surface area contributed by atoms with Crippen molar-refractivity contribution in [3.63, 3.8) is 0 Å². The van der Waals surface area contributed by atoms with Crippen molar-refractivity contribution in [2.45, 2.75) is 25.8 Å². The van der Waals surface area contributed by atoms with Gasteiger partial charge in [0.1, 0.15) is 5.75 Å². The molecular formula is C14H21NO. The number of rotatable bonds is 7. The zero-order valence-corrected chi connectivity index (χ0v) is 10.2. The first-order valence-corrected chi connectivity index (χ1v) is 5.76. The zero-order chi connectivity index (χ0) is 11.8. The lowest BCUT2D eigenvalue weighted by Crippen LogP contribution is -2.23. The van der Waals surface area contributed by atoms with E-state index >= 15 is 0 Å². The number of hydrogen-bond acceptors (Lipinski definition) is 2. The van der Waals surface area contributed by atoms with Crippen molar-refractivity contribution in [1.29, 1.82) is 0 Å². The third-order valence-corrected chi connectivity index (χ3v) is 2.55. The van der Waals surface area contributed by atoms with Crippen LogP contribution in [0.15, 0.2) is 36.9 Å². The second-order valence-corrected chi connectivity index (χ2v) is 3.96. The van der Waals surface area contributed by atoms with Gasteiger partial charge in [0.25, 0.3) is 0 Å². The second-order valence-electron chi connectivity index (χ2n) is 3.96. The second kappa shape index (κ2) is 7.07. The fraction of sp³-hybridized carbons (Fsp3) is 0.429. The molecule has 2 heteroatoms. The Morgan fingerprint density at radius 2 is 2.06 bits per heavy atom. The summed E-state index contributed by atoms with van der Waals surface area (Å²) in [5.41, 5.74) is 1.33. The van der Waals surface area contributed by atoms with E-state index in [-0.39, 0.29) is 0 Å². The van der Waals surface area contributed by atoms with E-state index in [1.807, 2.05) is 25.3 Å². The highest BCUT2D eigenvalue weighted by Gasteiger charge is 2.00. The summed E-state index contributed by atoms with van der Waals surface area (Å²) in [6, 6.07) is 8.81. The number of nitrogens with one attached hydrogen (secondary N) is 1. The molecule has 0 saturated carbocycles. The van der Waals surface area contributed by atoms with Crippen molar-refractivity contribution in [2.75, 3.05) is 13.7 Å². The van der Waals surface area contributed by atoms with Crippen molar-refractivity contribution >= 4 is 0 Å². The van der Waals surface area contributed by atoms with Gasteiger partial charge in [-0.15, -0.1) is 6.58 Å². The highest BCUT2D eigenvalue weighted by atomic mass is 16.5. The van der Waals surface area contributed by atoms with Gasteiger partial charge in [-0.1, -0.05) is 18.2 Å². The van der Waals surface area contributed by atoms with Crippen LogP contribution in [0.2, 0.25) is 0 Å². The summed E-state index contributed by atoms with van der Waals surface area (Å²) in [5.74, 6) is 0.933. The first kappa shape index (κ1) is 12.8. The summed E-state index contributed by atoms with van der Waals surface area (Å²) in [6.07, 6.45) is 3.80. The van der Waals surface area contributed by atoms with Crippen molar-refractivity contribution in [1.82, 2.24) is 5.32 Å². The van der Waals surface area contributed by atoms with Crippen LogP contribution in [0.4, 0.5) is 0 Å². The van der Waals surface area contributed by atoms with Crippen molar-refractivity contribution in [3.05, 3.63) is 42.5 Å². The van der Waals surface area contributed by atoms with E-state index in [0.717, 1.165) is 18.6 Å². The van der Waals surface area contributed by atoms with Crippen LogP contribution in [0.5, 0.6) is 5.75 Å². The molecule has 2 nitrogen and oxygen atoms in total. The lowest BCUT2D eigenvalue weighted by atomic mass is 10.1. The third kappa shape index (κ3) is 4.49. The Balaban J connectivity index is 2.44. The van der Waals surface area contributed by atoms with Crippen LogP contribution in [0, 0.1) is 0 Å². The molecule has 1 rings (SSSR count). The molecule has 1 N–H and O–H groups in total. The third-order valence-electron chi connectivity index (χ3n) is 2.55. The van der Waals surface area contributed by atoms with Crippen LogP contribution < -0.4 is 10.1 Å². The Morgan fingerprint density at radius 1 is 1.38 bits per heavy atom. The van der Waals surface area contributed by atoms with E-state index in [2.05, 4.69) is 31.0 Å². The van der Waals surface area contributed by atoms with Crippen LogP contribution in [-0.4, -0.2) is 19.7 Å². The minimum Gasteiger partial charge on any atom is -0.493 e. The summed E-state index contributed by atoms with van der Waals surface area (Å²) in [7, 11) is 1.98. The Hall–Kier alpha value is -1.28. The van der Waals surface area contributed by atoms with Crippen LogP contribution >= 0.6 is 0 Å². The van der Waals surface area contributed by atoms with Crippen molar-refractivity contribution < 1.29 is 4.74 Å². The maximum absolute atomic E-state index is 5.55. The monoisotopic (exact) mass is 219 g/mol. The largest absolute Gasteiger partial charge is 0.493 e. The lowest BCUT2D eigenvalue weighted by molar-refractivity contribution is 0.325. The molecular weight excluding hydrogens is 198 g/mol. The van der Waals surface area contributed by atoms with E-state index in [0.29, 0.717) is 12.6 Å². The molecule has 0 amide bonds. The molecule has 0 spiro atoms.